The molecule has 0 aromatic rings. The molecule has 4 nitrogen and oxygen atoms in total. The number of carbonyl (C=O) groups is 2. The summed E-state index contributed by atoms with van der Waals surface area (Å²) in [6, 6.07) is 0. The molecule has 310 valence electrons. The zero-order valence-electron chi connectivity index (χ0n) is 36.6. The van der Waals surface area contributed by atoms with Crippen LogP contribution in [0.1, 0.15) is 252 Å². The Morgan fingerprint density at radius 2 is 0.788 bits per heavy atom. The van der Waals surface area contributed by atoms with Crippen LogP contribution in [0.25, 0.3) is 0 Å². The van der Waals surface area contributed by atoms with Gasteiger partial charge in [-0.3, -0.25) is 9.59 Å². The lowest BCUT2D eigenvalue weighted by Gasteiger charge is -2.19. The summed E-state index contributed by atoms with van der Waals surface area (Å²) in [6.07, 6.45) is 43.6. The van der Waals surface area contributed by atoms with Gasteiger partial charge in [-0.15, -0.1) is 0 Å². The lowest BCUT2D eigenvalue weighted by Crippen LogP contribution is -2.17. The smallest absolute Gasteiger partial charge is 0.306 e. The van der Waals surface area contributed by atoms with E-state index in [4.69, 9.17) is 4.74 Å². The van der Waals surface area contributed by atoms with E-state index in [0.717, 1.165) is 31.6 Å². The van der Waals surface area contributed by atoms with Crippen molar-refractivity contribution in [3.63, 3.8) is 0 Å². The van der Waals surface area contributed by atoms with Crippen molar-refractivity contribution in [3.05, 3.63) is 0 Å². The minimum absolute atomic E-state index is 0.0348. The van der Waals surface area contributed by atoms with Crippen molar-refractivity contribution in [2.75, 3.05) is 27.2 Å². The fourth-order valence-electron chi connectivity index (χ4n) is 8.03. The summed E-state index contributed by atoms with van der Waals surface area (Å²) < 4.78 is 5.60. The van der Waals surface area contributed by atoms with E-state index in [-0.39, 0.29) is 5.97 Å². The quantitative estimate of drug-likeness (QED) is 0.0463. The fraction of sp³-hybridized carbons (Fsp3) is 0.958. The van der Waals surface area contributed by atoms with Gasteiger partial charge >= 0.3 is 5.97 Å². The molecule has 4 heteroatoms. The Morgan fingerprint density at radius 3 is 1.21 bits per heavy atom. The molecule has 0 aromatic carbocycles. The Hall–Kier alpha value is -0.900. The van der Waals surface area contributed by atoms with Crippen molar-refractivity contribution in [1.29, 1.82) is 0 Å². The average Bonchev–Trinajstić information content (AvgIpc) is 3.13. The second kappa shape index (κ2) is 39.8. The predicted molar refractivity (Wildman–Crippen MR) is 229 cm³/mol. The van der Waals surface area contributed by atoms with Crippen LogP contribution in [0.5, 0.6) is 0 Å². The molecule has 0 radical (unpaired) electrons. The molecule has 0 aliphatic carbocycles. The molecule has 0 aliphatic rings. The fourth-order valence-corrected chi connectivity index (χ4v) is 8.03. The molecule has 0 spiro atoms. The normalized spacial score (nSPS) is 12.4. The first-order valence-electron chi connectivity index (χ1n) is 23.7. The Balaban J connectivity index is 3.86. The van der Waals surface area contributed by atoms with Crippen LogP contribution < -0.4 is 0 Å². The van der Waals surface area contributed by atoms with E-state index in [0.29, 0.717) is 30.6 Å². The van der Waals surface area contributed by atoms with Crippen molar-refractivity contribution < 1.29 is 14.3 Å². The molecule has 1 unspecified atom stereocenters. The van der Waals surface area contributed by atoms with Crippen molar-refractivity contribution in [3.8, 4) is 0 Å². The Morgan fingerprint density at radius 1 is 0.423 bits per heavy atom. The Bertz CT molecular complexity index is 680. The van der Waals surface area contributed by atoms with Crippen LogP contribution in [0, 0.1) is 17.8 Å². The number of unbranched alkanes of at least 4 members (excludes halogenated alkanes) is 19. The predicted octanol–water partition coefficient (Wildman–Crippen LogP) is 15.2. The second-order valence-corrected chi connectivity index (χ2v) is 17.3. The second-order valence-electron chi connectivity index (χ2n) is 17.3. The maximum atomic E-state index is 12.5. The van der Waals surface area contributed by atoms with E-state index in [9.17, 15) is 9.59 Å². The molecule has 52 heavy (non-hydrogen) atoms. The molecule has 0 heterocycles. The largest absolute Gasteiger partial charge is 0.466 e. The maximum Gasteiger partial charge on any atom is 0.306 e. The van der Waals surface area contributed by atoms with Gasteiger partial charge in [-0.2, -0.15) is 0 Å². The lowest BCUT2D eigenvalue weighted by molar-refractivity contribution is -0.145. The van der Waals surface area contributed by atoms with Gasteiger partial charge in [0, 0.05) is 19.3 Å². The summed E-state index contributed by atoms with van der Waals surface area (Å²) >= 11 is 0. The van der Waals surface area contributed by atoms with Gasteiger partial charge in [0.1, 0.15) is 5.78 Å². The van der Waals surface area contributed by atoms with Gasteiger partial charge in [-0.05, 0) is 70.5 Å². The molecular weight excluding hydrogens is 639 g/mol. The van der Waals surface area contributed by atoms with Gasteiger partial charge in [-0.1, -0.05) is 201 Å². The van der Waals surface area contributed by atoms with Crippen molar-refractivity contribution >= 4 is 11.8 Å². The maximum absolute atomic E-state index is 12.5. The van der Waals surface area contributed by atoms with Gasteiger partial charge in [0.2, 0.25) is 0 Å². The summed E-state index contributed by atoms with van der Waals surface area (Å²) in [7, 11) is 4.44. The van der Waals surface area contributed by atoms with Gasteiger partial charge in [0.05, 0.1) is 6.61 Å². The molecule has 0 aromatic heterocycles. The zero-order valence-corrected chi connectivity index (χ0v) is 36.6. The molecule has 0 fully saturated rings. The van der Waals surface area contributed by atoms with E-state index in [1.54, 1.807) is 0 Å². The van der Waals surface area contributed by atoms with E-state index >= 15 is 0 Å². The van der Waals surface area contributed by atoms with Gasteiger partial charge < -0.3 is 9.64 Å². The Kier molecular flexibility index (Phi) is 39.1. The molecule has 1 atom stereocenters. The summed E-state index contributed by atoms with van der Waals surface area (Å²) in [5, 5.41) is 0. The van der Waals surface area contributed by atoms with Gasteiger partial charge in [0.25, 0.3) is 0 Å². The van der Waals surface area contributed by atoms with Crippen LogP contribution in [-0.2, 0) is 14.3 Å². The number of rotatable bonds is 42. The lowest BCUT2D eigenvalue weighted by atomic mass is 9.90. The summed E-state index contributed by atoms with van der Waals surface area (Å²) in [5.74, 6) is 2.63. The van der Waals surface area contributed by atoms with Crippen molar-refractivity contribution in [2.45, 2.75) is 252 Å². The van der Waals surface area contributed by atoms with Crippen molar-refractivity contribution in [1.82, 2.24) is 4.90 Å². The Labute approximate surface area is 327 Å². The number of carbonyl (C=O) groups excluding carboxylic acids is 2. The number of ether oxygens (including phenoxy) is 1. The number of esters is 1. The average molecular weight is 734 g/mol. The van der Waals surface area contributed by atoms with E-state index in [1.807, 2.05) is 0 Å². The number of Topliss-reactive ketones (excluding diaryl/α,β-unsaturated/α-hetero) is 1. The van der Waals surface area contributed by atoms with E-state index in [1.165, 1.54) is 199 Å². The molecule has 0 bridgehead atoms. The first-order valence-corrected chi connectivity index (χ1v) is 23.7. The first kappa shape index (κ1) is 51.1. The third kappa shape index (κ3) is 36.1. The molecular formula is C48H95NO3. The highest BCUT2D eigenvalue weighted by Crippen LogP contribution is 2.24. The van der Waals surface area contributed by atoms with Crippen LogP contribution >= 0.6 is 0 Å². The van der Waals surface area contributed by atoms with Crippen LogP contribution in [0.2, 0.25) is 0 Å². The molecule has 0 aliphatic heterocycles. The molecule has 0 saturated heterocycles. The minimum Gasteiger partial charge on any atom is -0.466 e. The summed E-state index contributed by atoms with van der Waals surface area (Å²) in [5.41, 5.74) is 0. The highest BCUT2D eigenvalue weighted by atomic mass is 16.5. The minimum atomic E-state index is 0.0348. The van der Waals surface area contributed by atoms with E-state index in [2.05, 4.69) is 46.7 Å². The number of nitrogens with zero attached hydrogens (tertiary/aromatic N) is 1. The summed E-state index contributed by atoms with van der Waals surface area (Å²) in [6.45, 7) is 10.8. The third-order valence-electron chi connectivity index (χ3n) is 11.7. The number of hydrogen-bond acceptors (Lipinski definition) is 4. The standard InChI is InChI=1S/C48H95NO3/c1-7-11-32-45(33-12-8-2)42-47(50)38-30-26-22-17-15-16-20-24-28-36-44(39-40-49(5)6)37-29-25-21-18-19-23-27-31-41-52-48(51)43-46(34-13-9-3)35-14-10-4/h44-46H,7-43H2,1-6H3. The first-order chi connectivity index (χ1) is 25.4. The van der Waals surface area contributed by atoms with Crippen LogP contribution in [0.3, 0.4) is 0 Å². The highest BCUT2D eigenvalue weighted by Gasteiger charge is 2.15. The summed E-state index contributed by atoms with van der Waals surface area (Å²) in [4.78, 5) is 27.2. The van der Waals surface area contributed by atoms with Crippen LogP contribution in [-0.4, -0.2) is 43.9 Å². The SMILES string of the molecule is CCCCC(CCCC)CC(=O)CCCCCCCCCCCC(CCCCCCCCCCOC(=O)CC(CCCC)CCCC)CCN(C)C. The topological polar surface area (TPSA) is 46.6 Å². The molecule has 0 rings (SSSR count). The highest BCUT2D eigenvalue weighted by molar-refractivity contribution is 5.78. The van der Waals surface area contributed by atoms with Crippen molar-refractivity contribution in [2.24, 2.45) is 17.8 Å². The monoisotopic (exact) mass is 734 g/mol. The van der Waals surface area contributed by atoms with Crippen LogP contribution in [0.4, 0.5) is 0 Å². The third-order valence-corrected chi connectivity index (χ3v) is 11.7. The molecule has 0 saturated carbocycles. The van der Waals surface area contributed by atoms with Crippen LogP contribution in [0.15, 0.2) is 0 Å². The van der Waals surface area contributed by atoms with Gasteiger partial charge in [-0.25, -0.2) is 0 Å². The molecule has 0 N–H and O–H groups in total. The number of hydrogen-bond donors (Lipinski definition) is 0. The molecule has 0 amide bonds. The number of ketones is 1. The van der Waals surface area contributed by atoms with E-state index < -0.39 is 0 Å². The zero-order chi connectivity index (χ0) is 38.3. The van der Waals surface area contributed by atoms with Gasteiger partial charge in [0.15, 0.2) is 0 Å².